The third-order valence-corrected chi connectivity index (χ3v) is 8.09. The topological polar surface area (TPSA) is 140 Å². The number of esters is 3. The molecule has 3 N–H and O–H groups in total. The second-order valence-corrected chi connectivity index (χ2v) is 12.4. The maximum absolute atomic E-state index is 12.7. The largest absolute Gasteiger partial charge is 0.461 e. The molecule has 1 aliphatic heterocycles. The number of aliphatic hydroxyl groups is 3. The van der Waals surface area contributed by atoms with Crippen LogP contribution in [0.25, 0.3) is 0 Å². The molecule has 9 nitrogen and oxygen atoms in total. The fraction of sp³-hybridized carbons (Fsp3) is 0.719. The summed E-state index contributed by atoms with van der Waals surface area (Å²) in [5.41, 5.74) is -0.696. The Morgan fingerprint density at radius 1 is 1.21 bits per heavy atom. The zero-order valence-electron chi connectivity index (χ0n) is 26.3. The molecular weight excluding hydrogens is 564 g/mol. The van der Waals surface area contributed by atoms with Gasteiger partial charge in [0.05, 0.1) is 24.0 Å². The summed E-state index contributed by atoms with van der Waals surface area (Å²) in [4.78, 5) is 36.0. The number of rotatable bonds is 11. The van der Waals surface area contributed by atoms with E-state index >= 15 is 0 Å². The average Bonchev–Trinajstić information content (AvgIpc) is 2.89. The van der Waals surface area contributed by atoms with Gasteiger partial charge in [-0.05, 0) is 57.1 Å². The van der Waals surface area contributed by atoms with E-state index in [9.17, 15) is 29.7 Å². The second kappa shape index (κ2) is 17.8. The number of alkyl halides is 1. The van der Waals surface area contributed by atoms with Gasteiger partial charge in [-0.3, -0.25) is 14.4 Å². The number of allylic oxidation sites excluding steroid dienone is 3. The lowest BCUT2D eigenvalue weighted by Crippen LogP contribution is -2.42. The summed E-state index contributed by atoms with van der Waals surface area (Å²) < 4.78 is 16.6. The fourth-order valence-electron chi connectivity index (χ4n) is 4.98. The Hall–Kier alpha value is -2.20. The molecule has 0 amide bonds. The Morgan fingerprint density at radius 3 is 2.43 bits per heavy atom. The summed E-state index contributed by atoms with van der Waals surface area (Å²) in [6, 6.07) is 0. The number of hydrogen-bond acceptors (Lipinski definition) is 9. The van der Waals surface area contributed by atoms with Crippen molar-refractivity contribution in [2.24, 2.45) is 17.8 Å². The van der Waals surface area contributed by atoms with Crippen LogP contribution in [0.1, 0.15) is 87.5 Å². The van der Waals surface area contributed by atoms with Gasteiger partial charge in [0.2, 0.25) is 0 Å². The zero-order chi connectivity index (χ0) is 32.2. The Balaban J connectivity index is 3.13. The van der Waals surface area contributed by atoms with Crippen LogP contribution in [0.2, 0.25) is 0 Å². The molecule has 10 atom stereocenters. The summed E-state index contributed by atoms with van der Waals surface area (Å²) in [6.07, 6.45) is 6.08. The van der Waals surface area contributed by atoms with Crippen molar-refractivity contribution in [2.75, 3.05) is 0 Å². The molecule has 0 saturated heterocycles. The van der Waals surface area contributed by atoms with E-state index in [2.05, 4.69) is 0 Å². The Kier molecular flexibility index (Phi) is 16.0. The van der Waals surface area contributed by atoms with Crippen LogP contribution in [0.5, 0.6) is 0 Å². The molecule has 240 valence electrons. The van der Waals surface area contributed by atoms with Crippen LogP contribution in [-0.4, -0.2) is 74.7 Å². The minimum atomic E-state index is -1.44. The molecule has 0 aromatic rings. The molecular formula is C32H51ClO9. The molecule has 10 heteroatoms. The van der Waals surface area contributed by atoms with E-state index in [1.807, 2.05) is 52.8 Å². The zero-order valence-corrected chi connectivity index (χ0v) is 27.0. The molecule has 0 aliphatic carbocycles. The second-order valence-electron chi connectivity index (χ2n) is 11.9. The van der Waals surface area contributed by atoms with E-state index in [-0.39, 0.29) is 37.0 Å². The van der Waals surface area contributed by atoms with Gasteiger partial charge < -0.3 is 29.5 Å². The van der Waals surface area contributed by atoms with Gasteiger partial charge in [0.15, 0.2) is 0 Å². The fourth-order valence-corrected chi connectivity index (χ4v) is 5.54. The average molecular weight is 615 g/mol. The van der Waals surface area contributed by atoms with Gasteiger partial charge in [0, 0.05) is 25.7 Å². The Bertz CT molecular complexity index is 973. The van der Waals surface area contributed by atoms with Gasteiger partial charge >= 0.3 is 17.9 Å². The quantitative estimate of drug-likeness (QED) is 0.0985. The van der Waals surface area contributed by atoms with Gasteiger partial charge in [-0.25, -0.2) is 0 Å². The predicted octanol–water partition coefficient (Wildman–Crippen LogP) is 4.79. The van der Waals surface area contributed by atoms with Gasteiger partial charge in [-0.2, -0.15) is 0 Å². The first-order valence-corrected chi connectivity index (χ1v) is 15.2. The molecule has 0 aromatic heterocycles. The van der Waals surface area contributed by atoms with Crippen LogP contribution >= 0.6 is 11.6 Å². The first-order chi connectivity index (χ1) is 19.5. The number of aliphatic hydroxyl groups excluding tert-OH is 2. The summed E-state index contributed by atoms with van der Waals surface area (Å²) >= 11 is 6.67. The molecule has 10 unspecified atom stereocenters. The van der Waals surface area contributed by atoms with E-state index in [0.29, 0.717) is 12.8 Å². The molecule has 0 saturated carbocycles. The highest BCUT2D eigenvalue weighted by Gasteiger charge is 2.35. The van der Waals surface area contributed by atoms with Crippen LogP contribution in [0, 0.1) is 17.8 Å². The molecule has 0 fully saturated rings. The summed E-state index contributed by atoms with van der Waals surface area (Å²) in [7, 11) is 0. The highest BCUT2D eigenvalue weighted by molar-refractivity contribution is 6.21. The lowest BCUT2D eigenvalue weighted by molar-refractivity contribution is -0.157. The third kappa shape index (κ3) is 13.0. The normalized spacial score (nSPS) is 30.6. The molecule has 0 radical (unpaired) electrons. The maximum atomic E-state index is 12.7. The SMILES string of the molecule is CCC(O)C(C)C(OC(C)=O)C(Cl)CC(C)/C=C/C=C(\C)C1OC(=O)CC(O)CCC(C)(O)C(OC(C)=O)/C=C/C1C. The lowest BCUT2D eigenvalue weighted by atomic mass is 9.88. The predicted molar refractivity (Wildman–Crippen MR) is 162 cm³/mol. The number of ether oxygens (including phenoxy) is 3. The van der Waals surface area contributed by atoms with Gasteiger partial charge in [-0.15, -0.1) is 11.6 Å². The van der Waals surface area contributed by atoms with E-state index in [1.54, 1.807) is 12.2 Å². The number of carbonyl (C=O) groups excluding carboxylic acids is 3. The number of halogens is 1. The summed E-state index contributed by atoms with van der Waals surface area (Å²) in [5, 5.41) is 31.1. The van der Waals surface area contributed by atoms with Crippen molar-refractivity contribution in [3.05, 3.63) is 36.0 Å². The standard InChI is InChI=1S/C32H51ClO9/c1-9-27(37)22(5)31(41-24(7)35)26(33)17-19(2)11-10-12-20(3)30-21(4)13-14-28(40-23(6)34)32(8,39)16-15-25(36)18-29(38)42-30/h10-14,19,21-22,25-28,30-31,36-37,39H,9,15-18H2,1-8H3/b11-10+,14-13+,20-12+. The molecule has 0 bridgehead atoms. The monoisotopic (exact) mass is 614 g/mol. The van der Waals surface area contributed by atoms with E-state index < -0.39 is 59.4 Å². The van der Waals surface area contributed by atoms with Crippen molar-refractivity contribution in [3.63, 3.8) is 0 Å². The van der Waals surface area contributed by atoms with Crippen LogP contribution in [0.15, 0.2) is 36.0 Å². The third-order valence-electron chi connectivity index (χ3n) is 7.66. The van der Waals surface area contributed by atoms with Gasteiger partial charge in [-0.1, -0.05) is 52.0 Å². The highest BCUT2D eigenvalue weighted by atomic mass is 35.5. The first kappa shape index (κ1) is 37.8. The number of cyclic esters (lactones) is 1. The van der Waals surface area contributed by atoms with Crippen molar-refractivity contribution >= 4 is 29.5 Å². The number of hydrogen-bond donors (Lipinski definition) is 3. The molecule has 0 spiro atoms. The van der Waals surface area contributed by atoms with Crippen molar-refractivity contribution < 1.29 is 43.9 Å². The molecule has 42 heavy (non-hydrogen) atoms. The molecule has 1 aliphatic rings. The van der Waals surface area contributed by atoms with Gasteiger partial charge in [0.1, 0.15) is 23.9 Å². The van der Waals surface area contributed by atoms with Crippen LogP contribution in [0.3, 0.4) is 0 Å². The van der Waals surface area contributed by atoms with Crippen molar-refractivity contribution in [1.29, 1.82) is 0 Å². The molecule has 1 heterocycles. The Labute approximate surface area is 255 Å². The van der Waals surface area contributed by atoms with Crippen molar-refractivity contribution in [2.45, 2.75) is 129 Å². The summed E-state index contributed by atoms with van der Waals surface area (Å²) in [5.74, 6) is -2.22. The minimum Gasteiger partial charge on any atom is -0.461 e. The van der Waals surface area contributed by atoms with E-state index in [0.717, 1.165) is 5.57 Å². The van der Waals surface area contributed by atoms with E-state index in [4.69, 9.17) is 25.8 Å². The smallest absolute Gasteiger partial charge is 0.309 e. The number of carbonyl (C=O) groups is 3. The first-order valence-electron chi connectivity index (χ1n) is 14.8. The Morgan fingerprint density at radius 2 is 1.86 bits per heavy atom. The van der Waals surface area contributed by atoms with Crippen molar-refractivity contribution in [3.8, 4) is 0 Å². The van der Waals surface area contributed by atoms with Crippen molar-refractivity contribution in [1.82, 2.24) is 0 Å². The molecule has 1 rings (SSSR count). The van der Waals surface area contributed by atoms with Gasteiger partial charge in [0.25, 0.3) is 0 Å². The lowest BCUT2D eigenvalue weighted by Gasteiger charge is -2.32. The van der Waals surface area contributed by atoms with Crippen LogP contribution in [-0.2, 0) is 28.6 Å². The highest BCUT2D eigenvalue weighted by Crippen LogP contribution is 2.28. The maximum Gasteiger partial charge on any atom is 0.309 e. The van der Waals surface area contributed by atoms with E-state index in [1.165, 1.54) is 20.8 Å². The minimum absolute atomic E-state index is 0.00128. The summed E-state index contributed by atoms with van der Waals surface area (Å²) in [6.45, 7) is 13.4. The van der Waals surface area contributed by atoms with Crippen LogP contribution < -0.4 is 0 Å². The van der Waals surface area contributed by atoms with Crippen LogP contribution in [0.4, 0.5) is 0 Å². The molecule has 0 aromatic carbocycles.